The maximum atomic E-state index is 14.0. The molecule has 0 aliphatic heterocycles. The van der Waals surface area contributed by atoms with Gasteiger partial charge in [0.15, 0.2) is 0 Å². The van der Waals surface area contributed by atoms with Gasteiger partial charge in [0.05, 0.1) is 11.7 Å². The second-order valence-corrected chi connectivity index (χ2v) is 8.23. The van der Waals surface area contributed by atoms with Gasteiger partial charge in [-0.1, -0.05) is 29.8 Å². The Balaban J connectivity index is 1.62. The molecule has 0 bridgehead atoms. The molecule has 0 atom stereocenters. The fourth-order valence-corrected chi connectivity index (χ4v) is 4.33. The molecule has 0 radical (unpaired) electrons. The van der Waals surface area contributed by atoms with Crippen LogP contribution in [-0.4, -0.2) is 27.4 Å². The quantitative estimate of drug-likeness (QED) is 0.434. The lowest BCUT2D eigenvalue weighted by molar-refractivity contribution is -0.131. The summed E-state index contributed by atoms with van der Waals surface area (Å²) in [7, 11) is 1.51. The largest absolute Gasteiger partial charge is 0.340 e. The van der Waals surface area contributed by atoms with E-state index in [1.807, 2.05) is 0 Å². The molecule has 0 fully saturated rings. The van der Waals surface area contributed by atoms with Crippen molar-refractivity contribution in [1.82, 2.24) is 14.5 Å². The third-order valence-corrected chi connectivity index (χ3v) is 6.14. The van der Waals surface area contributed by atoms with E-state index in [1.54, 1.807) is 23.6 Å². The Morgan fingerprint density at radius 2 is 1.94 bits per heavy atom. The van der Waals surface area contributed by atoms with Crippen molar-refractivity contribution in [3.8, 4) is 11.1 Å². The molecular weight excluding hydrogens is 444 g/mol. The number of likely N-dealkylation sites (N-methyl/N-ethyl adjacent to an activating group) is 1. The Bertz CT molecular complexity index is 1310. The highest BCUT2D eigenvalue weighted by atomic mass is 35.5. The zero-order valence-corrected chi connectivity index (χ0v) is 17.9. The number of amides is 1. The van der Waals surface area contributed by atoms with Crippen molar-refractivity contribution in [2.45, 2.75) is 13.1 Å². The van der Waals surface area contributed by atoms with Crippen LogP contribution in [0.15, 0.2) is 59.0 Å². The predicted octanol–water partition coefficient (Wildman–Crippen LogP) is 4.72. The van der Waals surface area contributed by atoms with E-state index in [0.717, 1.165) is 0 Å². The van der Waals surface area contributed by atoms with Crippen LogP contribution in [0.25, 0.3) is 21.3 Å². The molecule has 158 valence electrons. The van der Waals surface area contributed by atoms with Gasteiger partial charge >= 0.3 is 0 Å². The molecular formula is C22H16ClF2N3O2S. The van der Waals surface area contributed by atoms with Crippen molar-refractivity contribution in [3.05, 3.63) is 86.7 Å². The fraction of sp³-hybridized carbons (Fsp3) is 0.136. The van der Waals surface area contributed by atoms with E-state index >= 15 is 0 Å². The number of fused-ring (bicyclic) bond motifs is 1. The Labute approximate surface area is 185 Å². The van der Waals surface area contributed by atoms with Crippen LogP contribution >= 0.6 is 22.9 Å². The number of rotatable bonds is 5. The molecule has 2 heterocycles. The van der Waals surface area contributed by atoms with Crippen molar-refractivity contribution in [3.63, 3.8) is 0 Å². The highest BCUT2D eigenvalue weighted by Crippen LogP contribution is 2.30. The summed E-state index contributed by atoms with van der Waals surface area (Å²) in [6, 6.07) is 10.1. The van der Waals surface area contributed by atoms with Gasteiger partial charge in [0.2, 0.25) is 5.91 Å². The SMILES string of the molecule is CN(Cc1c(F)cccc1Cl)C(=O)Cn1cnc2scc(-c3ccc(F)cc3)c2c1=O. The summed E-state index contributed by atoms with van der Waals surface area (Å²) >= 11 is 7.33. The van der Waals surface area contributed by atoms with Crippen LogP contribution in [0.2, 0.25) is 5.02 Å². The van der Waals surface area contributed by atoms with Crippen LogP contribution in [0.5, 0.6) is 0 Å². The third kappa shape index (κ3) is 4.22. The first-order valence-corrected chi connectivity index (χ1v) is 10.5. The molecule has 4 rings (SSSR count). The maximum absolute atomic E-state index is 14.0. The molecule has 31 heavy (non-hydrogen) atoms. The van der Waals surface area contributed by atoms with Gasteiger partial charge in [-0.2, -0.15) is 0 Å². The highest BCUT2D eigenvalue weighted by Gasteiger charge is 2.18. The van der Waals surface area contributed by atoms with Crippen LogP contribution < -0.4 is 5.56 Å². The number of thiophene rings is 1. The minimum atomic E-state index is -0.505. The fourth-order valence-electron chi connectivity index (χ4n) is 3.20. The van der Waals surface area contributed by atoms with E-state index in [1.165, 1.54) is 58.4 Å². The molecule has 1 amide bonds. The lowest BCUT2D eigenvalue weighted by Crippen LogP contribution is -2.34. The molecule has 0 unspecified atom stereocenters. The standard InChI is InChI=1S/C22H16ClF2N3O2S/c1-27(9-15-17(23)3-2-4-18(15)25)19(29)10-28-12-26-21-20(22(28)30)16(11-31-21)13-5-7-14(24)8-6-13/h2-8,11-12H,9-10H2,1H3. The van der Waals surface area contributed by atoms with Gasteiger partial charge in [0.25, 0.3) is 5.56 Å². The first-order valence-electron chi connectivity index (χ1n) is 9.24. The summed E-state index contributed by atoms with van der Waals surface area (Å²) in [6.45, 7) is -0.295. The van der Waals surface area contributed by atoms with Crippen molar-refractivity contribution >= 4 is 39.1 Å². The number of carbonyl (C=O) groups is 1. The number of hydrogen-bond acceptors (Lipinski definition) is 4. The van der Waals surface area contributed by atoms with Crippen LogP contribution in [0, 0.1) is 11.6 Å². The number of aromatic nitrogens is 2. The molecule has 0 aliphatic carbocycles. The summed E-state index contributed by atoms with van der Waals surface area (Å²) in [5.41, 5.74) is 1.14. The molecule has 5 nitrogen and oxygen atoms in total. The van der Waals surface area contributed by atoms with Crippen LogP contribution in [-0.2, 0) is 17.9 Å². The number of hydrogen-bond donors (Lipinski definition) is 0. The lowest BCUT2D eigenvalue weighted by atomic mass is 10.1. The van der Waals surface area contributed by atoms with Gasteiger partial charge in [-0.15, -0.1) is 11.3 Å². The normalized spacial score (nSPS) is 11.1. The van der Waals surface area contributed by atoms with Crippen molar-refractivity contribution in [2.24, 2.45) is 0 Å². The third-order valence-electron chi connectivity index (χ3n) is 4.90. The summed E-state index contributed by atoms with van der Waals surface area (Å²) in [4.78, 5) is 31.9. The molecule has 4 aromatic rings. The van der Waals surface area contributed by atoms with Gasteiger partial charge in [0, 0.05) is 35.1 Å². The van der Waals surface area contributed by atoms with Crippen LogP contribution in [0.3, 0.4) is 0 Å². The Morgan fingerprint density at radius 1 is 1.19 bits per heavy atom. The summed E-state index contributed by atoms with van der Waals surface area (Å²) in [5.74, 6) is -1.28. The Kier molecular flexibility index (Phi) is 5.84. The second kappa shape index (κ2) is 8.56. The van der Waals surface area contributed by atoms with E-state index in [4.69, 9.17) is 11.6 Å². The average molecular weight is 460 g/mol. The average Bonchev–Trinajstić information content (AvgIpc) is 3.18. The van der Waals surface area contributed by atoms with Gasteiger partial charge < -0.3 is 4.90 Å². The monoisotopic (exact) mass is 459 g/mol. The molecule has 2 aromatic heterocycles. The van der Waals surface area contributed by atoms with Gasteiger partial charge in [0.1, 0.15) is 23.0 Å². The van der Waals surface area contributed by atoms with E-state index < -0.39 is 11.7 Å². The van der Waals surface area contributed by atoms with E-state index in [-0.39, 0.29) is 35.1 Å². The van der Waals surface area contributed by atoms with Crippen LogP contribution in [0.4, 0.5) is 8.78 Å². The van der Waals surface area contributed by atoms with Gasteiger partial charge in [-0.3, -0.25) is 14.2 Å². The first kappa shape index (κ1) is 21.1. The molecule has 0 saturated heterocycles. The number of nitrogens with zero attached hydrogens (tertiary/aromatic N) is 3. The number of halogens is 3. The van der Waals surface area contributed by atoms with Crippen molar-refractivity contribution in [1.29, 1.82) is 0 Å². The summed E-state index contributed by atoms with van der Waals surface area (Å²) < 4.78 is 28.5. The van der Waals surface area contributed by atoms with E-state index in [2.05, 4.69) is 4.98 Å². The second-order valence-electron chi connectivity index (χ2n) is 6.96. The number of benzene rings is 2. The van der Waals surface area contributed by atoms with Gasteiger partial charge in [-0.25, -0.2) is 13.8 Å². The maximum Gasteiger partial charge on any atom is 0.263 e. The first-order chi connectivity index (χ1) is 14.8. The van der Waals surface area contributed by atoms with Crippen molar-refractivity contribution < 1.29 is 13.6 Å². The molecule has 0 spiro atoms. The van der Waals surface area contributed by atoms with Crippen molar-refractivity contribution in [2.75, 3.05) is 7.05 Å². The van der Waals surface area contributed by atoms with E-state index in [9.17, 15) is 18.4 Å². The van der Waals surface area contributed by atoms with Gasteiger partial charge in [-0.05, 0) is 29.8 Å². The molecule has 9 heteroatoms. The Morgan fingerprint density at radius 3 is 2.65 bits per heavy atom. The zero-order valence-electron chi connectivity index (χ0n) is 16.3. The predicted molar refractivity (Wildman–Crippen MR) is 117 cm³/mol. The number of carbonyl (C=O) groups excluding carboxylic acids is 1. The van der Waals surface area contributed by atoms with E-state index in [0.29, 0.717) is 21.3 Å². The minimum Gasteiger partial charge on any atom is -0.340 e. The molecule has 0 N–H and O–H groups in total. The molecule has 2 aromatic carbocycles. The molecule has 0 saturated carbocycles. The highest BCUT2D eigenvalue weighted by molar-refractivity contribution is 7.17. The topological polar surface area (TPSA) is 55.2 Å². The Hall–Kier alpha value is -3.10. The zero-order chi connectivity index (χ0) is 22.1. The molecule has 0 aliphatic rings. The lowest BCUT2D eigenvalue weighted by Gasteiger charge is -2.19. The smallest absolute Gasteiger partial charge is 0.263 e. The van der Waals surface area contributed by atoms with Crippen LogP contribution in [0.1, 0.15) is 5.56 Å². The summed E-state index contributed by atoms with van der Waals surface area (Å²) in [5, 5.41) is 2.37. The minimum absolute atomic E-state index is 0.0337. The summed E-state index contributed by atoms with van der Waals surface area (Å²) in [6.07, 6.45) is 1.32.